The summed E-state index contributed by atoms with van der Waals surface area (Å²) in [5, 5.41) is 0. The second kappa shape index (κ2) is 7.22. The third-order valence-electron chi connectivity index (χ3n) is 4.11. The van der Waals surface area contributed by atoms with Gasteiger partial charge in [-0.3, -0.25) is 9.59 Å². The van der Waals surface area contributed by atoms with Crippen molar-refractivity contribution in [3.05, 3.63) is 30.3 Å². The molecule has 0 heterocycles. The quantitative estimate of drug-likeness (QED) is 0.829. The second-order valence-electron chi connectivity index (χ2n) is 5.66. The van der Waals surface area contributed by atoms with Crippen molar-refractivity contribution in [3.63, 3.8) is 0 Å². The van der Waals surface area contributed by atoms with E-state index in [-0.39, 0.29) is 24.3 Å². The molecule has 1 aromatic carbocycles. The molecule has 1 saturated carbocycles. The van der Waals surface area contributed by atoms with Gasteiger partial charge in [0, 0.05) is 31.1 Å². The largest absolute Gasteiger partial charge is 0.370 e. The van der Waals surface area contributed by atoms with E-state index in [2.05, 4.69) is 0 Å². The fraction of sp³-hybridized carbons (Fsp3) is 0.500. The van der Waals surface area contributed by atoms with Gasteiger partial charge in [0.15, 0.2) is 0 Å². The Morgan fingerprint density at radius 1 is 1.19 bits per heavy atom. The van der Waals surface area contributed by atoms with Crippen LogP contribution in [0.25, 0.3) is 0 Å². The molecule has 1 aliphatic carbocycles. The molecule has 1 aromatic rings. The minimum atomic E-state index is -0.402. The predicted octanol–water partition coefficient (Wildman–Crippen LogP) is 1.41. The van der Waals surface area contributed by atoms with Gasteiger partial charge in [0.1, 0.15) is 0 Å². The number of nitrogens with two attached hydrogens (primary N) is 2. The van der Waals surface area contributed by atoms with Gasteiger partial charge in [-0.05, 0) is 30.9 Å². The molecule has 2 atom stereocenters. The topological polar surface area (TPSA) is 89.4 Å². The van der Waals surface area contributed by atoms with Gasteiger partial charge >= 0.3 is 0 Å². The summed E-state index contributed by atoms with van der Waals surface area (Å²) >= 11 is 0. The predicted molar refractivity (Wildman–Crippen MR) is 82.5 cm³/mol. The Morgan fingerprint density at radius 3 is 2.48 bits per heavy atom. The molecule has 5 heteroatoms. The number of hydrogen-bond donors (Lipinski definition) is 2. The third-order valence-corrected chi connectivity index (χ3v) is 4.11. The SMILES string of the molecule is NC(=O)CCN(C(=O)C[C@@H]1CCC[C@H]1N)c1ccccc1. The number of nitrogens with zero attached hydrogens (tertiary/aromatic N) is 1. The number of hydrogen-bond acceptors (Lipinski definition) is 3. The molecule has 5 nitrogen and oxygen atoms in total. The summed E-state index contributed by atoms with van der Waals surface area (Å²) in [4.78, 5) is 25.2. The summed E-state index contributed by atoms with van der Waals surface area (Å²) < 4.78 is 0. The molecule has 2 rings (SSSR count). The smallest absolute Gasteiger partial charge is 0.227 e. The standard InChI is InChI=1S/C16H23N3O2/c17-14-8-4-5-12(14)11-16(21)19(10-9-15(18)20)13-6-2-1-3-7-13/h1-3,6-7,12,14H,4-5,8-11,17H2,(H2,18,20)/t12-,14+/m0/s1. The average molecular weight is 289 g/mol. The van der Waals surface area contributed by atoms with Crippen LogP contribution >= 0.6 is 0 Å². The lowest BCUT2D eigenvalue weighted by Gasteiger charge is -2.25. The fourth-order valence-corrected chi connectivity index (χ4v) is 2.88. The highest BCUT2D eigenvalue weighted by molar-refractivity contribution is 5.94. The highest BCUT2D eigenvalue weighted by Crippen LogP contribution is 2.28. The molecule has 0 aromatic heterocycles. The van der Waals surface area contributed by atoms with E-state index in [0.29, 0.717) is 13.0 Å². The van der Waals surface area contributed by atoms with Gasteiger partial charge in [-0.25, -0.2) is 0 Å². The van der Waals surface area contributed by atoms with Crippen molar-refractivity contribution in [1.29, 1.82) is 0 Å². The van der Waals surface area contributed by atoms with Crippen LogP contribution in [-0.2, 0) is 9.59 Å². The van der Waals surface area contributed by atoms with Crippen molar-refractivity contribution in [2.24, 2.45) is 17.4 Å². The van der Waals surface area contributed by atoms with E-state index in [1.54, 1.807) is 4.90 Å². The molecule has 114 valence electrons. The lowest BCUT2D eigenvalue weighted by atomic mass is 9.99. The van der Waals surface area contributed by atoms with Crippen molar-refractivity contribution < 1.29 is 9.59 Å². The lowest BCUT2D eigenvalue weighted by molar-refractivity contribution is -0.120. The molecule has 21 heavy (non-hydrogen) atoms. The van der Waals surface area contributed by atoms with E-state index < -0.39 is 5.91 Å². The maximum Gasteiger partial charge on any atom is 0.227 e. The van der Waals surface area contributed by atoms with Gasteiger partial charge in [0.25, 0.3) is 0 Å². The third kappa shape index (κ3) is 4.29. The number of carbonyl (C=O) groups excluding carboxylic acids is 2. The lowest BCUT2D eigenvalue weighted by Crippen LogP contribution is -2.37. The van der Waals surface area contributed by atoms with Crippen LogP contribution in [0.4, 0.5) is 5.69 Å². The second-order valence-corrected chi connectivity index (χ2v) is 5.66. The zero-order valence-electron chi connectivity index (χ0n) is 12.2. The summed E-state index contributed by atoms with van der Waals surface area (Å²) in [5.41, 5.74) is 12.1. The first-order chi connectivity index (χ1) is 10.1. The zero-order valence-corrected chi connectivity index (χ0v) is 12.2. The van der Waals surface area contributed by atoms with E-state index in [1.165, 1.54) is 0 Å². The van der Waals surface area contributed by atoms with Crippen LogP contribution in [0.2, 0.25) is 0 Å². The summed E-state index contributed by atoms with van der Waals surface area (Å²) in [7, 11) is 0. The van der Waals surface area contributed by atoms with Crippen molar-refractivity contribution in [2.45, 2.75) is 38.1 Å². The van der Waals surface area contributed by atoms with Crippen molar-refractivity contribution in [1.82, 2.24) is 0 Å². The molecule has 0 unspecified atom stereocenters. The summed E-state index contributed by atoms with van der Waals surface area (Å²) in [5.74, 6) is -0.136. The molecule has 0 saturated heterocycles. The van der Waals surface area contributed by atoms with Crippen LogP contribution < -0.4 is 16.4 Å². The van der Waals surface area contributed by atoms with Crippen molar-refractivity contribution >= 4 is 17.5 Å². The number of benzene rings is 1. The number of amides is 2. The Kier molecular flexibility index (Phi) is 5.33. The Hall–Kier alpha value is -1.88. The van der Waals surface area contributed by atoms with Crippen LogP contribution in [0.1, 0.15) is 32.1 Å². The monoisotopic (exact) mass is 289 g/mol. The molecular formula is C16H23N3O2. The van der Waals surface area contributed by atoms with Gasteiger partial charge in [0.05, 0.1) is 0 Å². The van der Waals surface area contributed by atoms with E-state index >= 15 is 0 Å². The normalized spacial score (nSPS) is 21.2. The van der Waals surface area contributed by atoms with E-state index in [4.69, 9.17) is 11.5 Å². The highest BCUT2D eigenvalue weighted by atomic mass is 16.2. The van der Waals surface area contributed by atoms with Gasteiger partial charge in [-0.2, -0.15) is 0 Å². The van der Waals surface area contributed by atoms with Crippen LogP contribution in [0.15, 0.2) is 30.3 Å². The van der Waals surface area contributed by atoms with Crippen LogP contribution in [0.5, 0.6) is 0 Å². The van der Waals surface area contributed by atoms with Gasteiger partial charge in [-0.1, -0.05) is 24.6 Å². The number of primary amides is 1. The molecule has 0 bridgehead atoms. The van der Waals surface area contributed by atoms with E-state index in [9.17, 15) is 9.59 Å². The van der Waals surface area contributed by atoms with Crippen LogP contribution in [0.3, 0.4) is 0 Å². The zero-order chi connectivity index (χ0) is 15.2. The highest BCUT2D eigenvalue weighted by Gasteiger charge is 2.28. The van der Waals surface area contributed by atoms with Crippen molar-refractivity contribution in [3.8, 4) is 0 Å². The summed E-state index contributed by atoms with van der Waals surface area (Å²) in [6.45, 7) is 0.320. The number of carbonyl (C=O) groups is 2. The Labute approximate surface area is 125 Å². The first-order valence-corrected chi connectivity index (χ1v) is 7.47. The van der Waals surface area contributed by atoms with Crippen LogP contribution in [0, 0.1) is 5.92 Å². The maximum absolute atomic E-state index is 12.6. The molecular weight excluding hydrogens is 266 g/mol. The van der Waals surface area contributed by atoms with Gasteiger partial charge in [0.2, 0.25) is 11.8 Å². The first kappa shape index (κ1) is 15.5. The molecule has 2 amide bonds. The Balaban J connectivity index is 2.06. The van der Waals surface area contributed by atoms with Gasteiger partial charge in [-0.15, -0.1) is 0 Å². The Morgan fingerprint density at radius 2 is 1.90 bits per heavy atom. The molecule has 1 aliphatic rings. The molecule has 0 radical (unpaired) electrons. The van der Waals surface area contributed by atoms with Crippen LogP contribution in [-0.4, -0.2) is 24.4 Å². The molecule has 0 spiro atoms. The molecule has 0 aliphatic heterocycles. The average Bonchev–Trinajstić information content (AvgIpc) is 2.85. The minimum Gasteiger partial charge on any atom is -0.370 e. The van der Waals surface area contributed by atoms with E-state index in [0.717, 1.165) is 24.9 Å². The Bertz CT molecular complexity index is 490. The number of rotatable bonds is 6. The fourth-order valence-electron chi connectivity index (χ4n) is 2.88. The summed E-state index contributed by atoms with van der Waals surface area (Å²) in [6, 6.07) is 9.50. The molecule has 4 N–H and O–H groups in total. The number of anilines is 1. The minimum absolute atomic E-state index is 0.0183. The van der Waals surface area contributed by atoms with Gasteiger partial charge < -0.3 is 16.4 Å². The number of para-hydroxylation sites is 1. The van der Waals surface area contributed by atoms with Crippen molar-refractivity contribution in [2.75, 3.05) is 11.4 Å². The molecule has 1 fully saturated rings. The van der Waals surface area contributed by atoms with E-state index in [1.807, 2.05) is 30.3 Å². The first-order valence-electron chi connectivity index (χ1n) is 7.47. The maximum atomic E-state index is 12.6. The summed E-state index contributed by atoms with van der Waals surface area (Å²) in [6.07, 6.45) is 3.69.